The lowest BCUT2D eigenvalue weighted by Crippen LogP contribution is -2.31. The van der Waals surface area contributed by atoms with Gasteiger partial charge in [-0.2, -0.15) is 4.98 Å². The van der Waals surface area contributed by atoms with Gasteiger partial charge >= 0.3 is 0 Å². The maximum Gasteiger partial charge on any atom is 0.255 e. The lowest BCUT2D eigenvalue weighted by molar-refractivity contribution is -0.113. The molecule has 5 rings (SSSR count). The normalized spacial score (nSPS) is 14.5. The van der Waals surface area contributed by atoms with Crippen molar-refractivity contribution < 1.29 is 14.3 Å². The average Bonchev–Trinajstić information content (AvgIpc) is 3.32. The molecule has 1 aliphatic rings. The summed E-state index contributed by atoms with van der Waals surface area (Å²) in [5, 5.41) is 11.2. The van der Waals surface area contributed by atoms with Gasteiger partial charge < -0.3 is 20.1 Å². The molecule has 8 heteroatoms. The molecule has 1 aliphatic heterocycles. The Bertz CT molecular complexity index is 1470. The Balaban J connectivity index is 1.60. The minimum Gasteiger partial charge on any atom is -0.495 e. The summed E-state index contributed by atoms with van der Waals surface area (Å²) in [4.78, 5) is 18.6. The van der Waals surface area contributed by atoms with E-state index in [0.29, 0.717) is 41.1 Å². The number of nitrogens with one attached hydrogen (secondary N) is 2. The third kappa shape index (κ3) is 4.65. The molecule has 0 radical (unpaired) electrons. The summed E-state index contributed by atoms with van der Waals surface area (Å²) in [6.07, 6.45) is 0. The van der Waals surface area contributed by atoms with Gasteiger partial charge in [0.15, 0.2) is 5.82 Å². The van der Waals surface area contributed by atoms with Gasteiger partial charge in [-0.1, -0.05) is 48.5 Å². The van der Waals surface area contributed by atoms with Gasteiger partial charge in [-0.15, -0.1) is 5.10 Å². The summed E-state index contributed by atoms with van der Waals surface area (Å²) in [5.41, 5.74) is 4.71. The number of amides is 1. The zero-order valence-electron chi connectivity index (χ0n) is 21.3. The maximum atomic E-state index is 13.8. The number of aryl methyl sites for hydroxylation is 1. The molecule has 3 aromatic carbocycles. The van der Waals surface area contributed by atoms with Crippen LogP contribution in [0.4, 0.5) is 11.6 Å². The van der Waals surface area contributed by atoms with Crippen LogP contribution >= 0.6 is 0 Å². The Morgan fingerprint density at radius 2 is 1.76 bits per heavy atom. The first-order valence-electron chi connectivity index (χ1n) is 12.2. The molecule has 8 nitrogen and oxygen atoms in total. The number of hydrogen-bond acceptors (Lipinski definition) is 6. The fourth-order valence-electron chi connectivity index (χ4n) is 4.54. The smallest absolute Gasteiger partial charge is 0.255 e. The van der Waals surface area contributed by atoms with Gasteiger partial charge in [0.25, 0.3) is 5.91 Å². The standard InChI is InChI=1S/C29H29N5O3/c1-5-37-21-16-14-20(15-17-21)26-25(28(35)31-23-12-8-9-13-24(23)36-4)19(3)30-29-32-27(33-34(26)29)22-11-7-6-10-18(22)2/h6-17,26H,5H2,1-4H3,(H,31,35)(H,30,32,33). The van der Waals surface area contributed by atoms with Gasteiger partial charge in [0, 0.05) is 11.3 Å². The van der Waals surface area contributed by atoms with Crippen molar-refractivity contribution in [1.82, 2.24) is 14.8 Å². The van der Waals surface area contributed by atoms with Gasteiger partial charge in [-0.05, 0) is 56.2 Å². The van der Waals surface area contributed by atoms with Crippen molar-refractivity contribution in [3.05, 3.63) is 95.2 Å². The van der Waals surface area contributed by atoms with E-state index in [2.05, 4.69) is 10.6 Å². The third-order valence-electron chi connectivity index (χ3n) is 6.35. The zero-order valence-corrected chi connectivity index (χ0v) is 21.3. The Morgan fingerprint density at radius 3 is 2.49 bits per heavy atom. The van der Waals surface area contributed by atoms with Crippen LogP contribution in [0.3, 0.4) is 0 Å². The first-order chi connectivity index (χ1) is 18.0. The number of aromatic nitrogens is 3. The lowest BCUT2D eigenvalue weighted by atomic mass is 9.95. The summed E-state index contributed by atoms with van der Waals surface area (Å²) in [6, 6.07) is 22.5. The predicted octanol–water partition coefficient (Wildman–Crippen LogP) is 5.59. The summed E-state index contributed by atoms with van der Waals surface area (Å²) >= 11 is 0. The van der Waals surface area contributed by atoms with E-state index in [4.69, 9.17) is 19.6 Å². The summed E-state index contributed by atoms with van der Waals surface area (Å²) in [7, 11) is 1.58. The topological polar surface area (TPSA) is 90.3 Å². The largest absolute Gasteiger partial charge is 0.495 e. The molecule has 1 atom stereocenters. The minimum atomic E-state index is -0.507. The molecule has 0 fully saturated rings. The second-order valence-electron chi connectivity index (χ2n) is 8.74. The number of para-hydroxylation sites is 2. The van der Waals surface area contributed by atoms with E-state index in [9.17, 15) is 4.79 Å². The van der Waals surface area contributed by atoms with E-state index >= 15 is 0 Å². The van der Waals surface area contributed by atoms with E-state index < -0.39 is 6.04 Å². The van der Waals surface area contributed by atoms with Crippen molar-refractivity contribution >= 4 is 17.5 Å². The van der Waals surface area contributed by atoms with Crippen molar-refractivity contribution in [3.63, 3.8) is 0 Å². The van der Waals surface area contributed by atoms with Gasteiger partial charge in [0.1, 0.15) is 17.5 Å². The minimum absolute atomic E-state index is 0.257. The summed E-state index contributed by atoms with van der Waals surface area (Å²) < 4.78 is 12.9. The summed E-state index contributed by atoms with van der Waals surface area (Å²) in [6.45, 7) is 6.43. The van der Waals surface area contributed by atoms with Crippen molar-refractivity contribution in [1.29, 1.82) is 0 Å². The van der Waals surface area contributed by atoms with Crippen molar-refractivity contribution in [2.75, 3.05) is 24.4 Å². The summed E-state index contributed by atoms with van der Waals surface area (Å²) in [5.74, 6) is 2.25. The maximum absolute atomic E-state index is 13.8. The van der Waals surface area contributed by atoms with Gasteiger partial charge in [-0.3, -0.25) is 4.79 Å². The molecule has 1 unspecified atom stereocenters. The third-order valence-corrected chi connectivity index (χ3v) is 6.35. The molecule has 2 heterocycles. The van der Waals surface area contributed by atoms with Crippen LogP contribution in [0.1, 0.15) is 31.0 Å². The number of anilines is 2. The molecule has 188 valence electrons. The highest BCUT2D eigenvalue weighted by molar-refractivity contribution is 6.06. The van der Waals surface area contributed by atoms with Crippen LogP contribution in [0, 0.1) is 6.92 Å². The Morgan fingerprint density at radius 1 is 1.03 bits per heavy atom. The van der Waals surface area contributed by atoms with Crippen molar-refractivity contribution in [2.45, 2.75) is 26.8 Å². The van der Waals surface area contributed by atoms with Crippen LogP contribution in [0.25, 0.3) is 11.4 Å². The first kappa shape index (κ1) is 24.1. The van der Waals surface area contributed by atoms with Crippen LogP contribution in [0.2, 0.25) is 0 Å². The zero-order chi connectivity index (χ0) is 25.9. The van der Waals surface area contributed by atoms with Gasteiger partial charge in [0.2, 0.25) is 5.95 Å². The Labute approximate surface area is 216 Å². The van der Waals surface area contributed by atoms with Crippen LogP contribution in [0.5, 0.6) is 11.5 Å². The molecule has 4 aromatic rings. The Hall–Kier alpha value is -4.59. The number of ether oxygens (including phenoxy) is 2. The number of nitrogens with zero attached hydrogens (tertiary/aromatic N) is 3. The quantitative estimate of drug-likeness (QED) is 0.347. The van der Waals surface area contributed by atoms with Crippen molar-refractivity contribution in [3.8, 4) is 22.9 Å². The molecule has 0 saturated heterocycles. The van der Waals surface area contributed by atoms with Crippen LogP contribution in [-0.4, -0.2) is 34.4 Å². The number of methoxy groups -OCH3 is 1. The Kier molecular flexibility index (Phi) is 6.64. The highest BCUT2D eigenvalue weighted by Gasteiger charge is 2.35. The number of carbonyl (C=O) groups is 1. The molecule has 1 aromatic heterocycles. The number of hydrogen-bond donors (Lipinski definition) is 2. The van der Waals surface area contributed by atoms with Crippen LogP contribution in [0.15, 0.2) is 84.1 Å². The van der Waals surface area contributed by atoms with Crippen LogP contribution in [-0.2, 0) is 4.79 Å². The molecular formula is C29H29N5O3. The molecule has 0 saturated carbocycles. The van der Waals surface area contributed by atoms with Crippen molar-refractivity contribution in [2.24, 2.45) is 0 Å². The number of benzene rings is 3. The predicted molar refractivity (Wildman–Crippen MR) is 144 cm³/mol. The molecular weight excluding hydrogens is 466 g/mol. The van der Waals surface area contributed by atoms with Crippen LogP contribution < -0.4 is 20.1 Å². The highest BCUT2D eigenvalue weighted by atomic mass is 16.5. The van der Waals surface area contributed by atoms with E-state index in [1.165, 1.54) is 0 Å². The number of rotatable bonds is 7. The first-order valence-corrected chi connectivity index (χ1v) is 12.2. The molecule has 2 N–H and O–H groups in total. The number of fused-ring (bicyclic) bond motifs is 1. The molecule has 0 spiro atoms. The number of allylic oxidation sites excluding steroid dienone is 1. The van der Waals surface area contributed by atoms with Gasteiger partial charge in [-0.25, -0.2) is 4.68 Å². The SMILES string of the molecule is CCOc1ccc(C2C(C(=O)Nc3ccccc3OC)=C(C)Nc3nc(-c4ccccc4C)nn32)cc1. The fraction of sp³-hybridized carbons (Fsp3) is 0.207. The number of carbonyl (C=O) groups excluding carboxylic acids is 1. The highest BCUT2D eigenvalue weighted by Crippen LogP contribution is 2.38. The van der Waals surface area contributed by atoms with E-state index in [0.717, 1.165) is 22.4 Å². The lowest BCUT2D eigenvalue weighted by Gasteiger charge is -2.29. The van der Waals surface area contributed by atoms with E-state index in [-0.39, 0.29) is 5.91 Å². The molecule has 0 bridgehead atoms. The second kappa shape index (κ2) is 10.2. The molecule has 1 amide bonds. The molecule has 37 heavy (non-hydrogen) atoms. The van der Waals surface area contributed by atoms with Gasteiger partial charge in [0.05, 0.1) is 25.0 Å². The second-order valence-corrected chi connectivity index (χ2v) is 8.74. The fourth-order valence-corrected chi connectivity index (χ4v) is 4.54. The van der Waals surface area contributed by atoms with E-state index in [1.54, 1.807) is 11.8 Å². The average molecular weight is 496 g/mol. The van der Waals surface area contributed by atoms with E-state index in [1.807, 2.05) is 93.6 Å². The monoisotopic (exact) mass is 495 g/mol. The molecule has 0 aliphatic carbocycles.